The topological polar surface area (TPSA) is 95.5 Å². The maximum Gasteiger partial charge on any atom is 0.224 e. The summed E-state index contributed by atoms with van der Waals surface area (Å²) in [5.41, 5.74) is 5.50. The normalized spacial score (nSPS) is 12.4. The van der Waals surface area contributed by atoms with E-state index in [2.05, 4.69) is 20.4 Å². The molecular formula is C18H22ClN5O3. The van der Waals surface area contributed by atoms with Crippen molar-refractivity contribution in [3.63, 3.8) is 0 Å². The third-order valence-corrected chi connectivity index (χ3v) is 4.28. The minimum Gasteiger partial charge on any atom is -0.477 e. The fourth-order valence-electron chi connectivity index (χ4n) is 2.72. The van der Waals surface area contributed by atoms with Crippen molar-refractivity contribution in [3.8, 4) is 17.1 Å². The van der Waals surface area contributed by atoms with Crippen molar-refractivity contribution in [3.05, 3.63) is 35.0 Å². The van der Waals surface area contributed by atoms with E-state index in [1.54, 1.807) is 12.3 Å². The van der Waals surface area contributed by atoms with Gasteiger partial charge in [0.2, 0.25) is 5.88 Å². The Kier molecular flexibility index (Phi) is 5.81. The molecule has 144 valence electrons. The van der Waals surface area contributed by atoms with Crippen LogP contribution in [0.2, 0.25) is 5.02 Å². The summed E-state index contributed by atoms with van der Waals surface area (Å²) in [5, 5.41) is 10.7. The standard InChI is InChI=1S/C18H22ClN5O3/c1-5-27-18-10(6-7-14(21-18)24(2)3)15-12(19)8-13-16(22-15)11(9-20-13)17(25)23-26-4/h6-9,17,20,23,25H,5H2,1-4H3. The number of hydrogen-bond acceptors (Lipinski definition) is 7. The minimum absolute atomic E-state index is 0.449. The van der Waals surface area contributed by atoms with Crippen molar-refractivity contribution < 1.29 is 14.7 Å². The van der Waals surface area contributed by atoms with Crippen molar-refractivity contribution in [1.82, 2.24) is 20.4 Å². The number of pyridine rings is 2. The molecular weight excluding hydrogens is 370 g/mol. The summed E-state index contributed by atoms with van der Waals surface area (Å²) in [4.78, 5) is 19.0. The van der Waals surface area contributed by atoms with Gasteiger partial charge in [0.15, 0.2) is 6.23 Å². The number of aliphatic hydroxyl groups is 1. The van der Waals surface area contributed by atoms with Crippen molar-refractivity contribution in [1.29, 1.82) is 0 Å². The molecule has 0 fully saturated rings. The number of hydrogen-bond donors (Lipinski definition) is 3. The molecule has 0 bridgehead atoms. The molecule has 0 saturated heterocycles. The number of ether oxygens (including phenoxy) is 1. The van der Waals surface area contributed by atoms with Crippen molar-refractivity contribution >= 4 is 28.5 Å². The number of rotatable bonds is 7. The lowest BCUT2D eigenvalue weighted by atomic mass is 10.1. The lowest BCUT2D eigenvalue weighted by molar-refractivity contribution is -0.0314. The van der Waals surface area contributed by atoms with Gasteiger partial charge in [0.25, 0.3) is 0 Å². The third-order valence-electron chi connectivity index (χ3n) is 4.00. The van der Waals surface area contributed by atoms with Gasteiger partial charge < -0.3 is 24.6 Å². The van der Waals surface area contributed by atoms with Crippen LogP contribution in [0.25, 0.3) is 22.3 Å². The van der Waals surface area contributed by atoms with E-state index >= 15 is 0 Å². The number of nitrogens with zero attached hydrogens (tertiary/aromatic N) is 3. The highest BCUT2D eigenvalue weighted by atomic mass is 35.5. The van der Waals surface area contributed by atoms with Gasteiger partial charge in [-0.3, -0.25) is 0 Å². The highest BCUT2D eigenvalue weighted by molar-refractivity contribution is 6.33. The number of aliphatic hydroxyl groups excluding tert-OH is 1. The second-order valence-electron chi connectivity index (χ2n) is 6.03. The second kappa shape index (κ2) is 8.10. The molecule has 0 aliphatic rings. The quantitative estimate of drug-likeness (QED) is 0.421. The number of anilines is 1. The summed E-state index contributed by atoms with van der Waals surface area (Å²) in [6, 6.07) is 5.51. The predicted octanol–water partition coefficient (Wildman–Crippen LogP) is 2.88. The number of fused-ring (bicyclic) bond motifs is 1. The maximum atomic E-state index is 10.2. The van der Waals surface area contributed by atoms with E-state index in [4.69, 9.17) is 21.2 Å². The first-order chi connectivity index (χ1) is 13.0. The number of aromatic nitrogens is 3. The molecule has 3 rings (SSSR count). The number of hydroxylamine groups is 1. The summed E-state index contributed by atoms with van der Waals surface area (Å²) in [6.45, 7) is 2.35. The van der Waals surface area contributed by atoms with E-state index in [0.717, 1.165) is 5.82 Å². The molecule has 0 spiro atoms. The molecule has 3 heterocycles. The van der Waals surface area contributed by atoms with Crippen molar-refractivity contribution in [2.45, 2.75) is 13.2 Å². The molecule has 0 aromatic carbocycles. The van der Waals surface area contributed by atoms with Crippen LogP contribution in [0, 0.1) is 0 Å². The Bertz CT molecular complexity index is 944. The Hall–Kier alpha value is -2.39. The average molecular weight is 392 g/mol. The zero-order chi connectivity index (χ0) is 19.6. The Morgan fingerprint density at radius 1 is 1.33 bits per heavy atom. The van der Waals surface area contributed by atoms with Crippen LogP contribution >= 0.6 is 11.6 Å². The van der Waals surface area contributed by atoms with Crippen molar-refractivity contribution in [2.75, 3.05) is 32.7 Å². The van der Waals surface area contributed by atoms with Crippen LogP contribution in [-0.2, 0) is 4.84 Å². The Morgan fingerprint density at radius 3 is 2.78 bits per heavy atom. The van der Waals surface area contributed by atoms with Gasteiger partial charge in [0.05, 0.1) is 41.0 Å². The van der Waals surface area contributed by atoms with E-state index in [-0.39, 0.29) is 0 Å². The lowest BCUT2D eigenvalue weighted by Crippen LogP contribution is -2.19. The van der Waals surface area contributed by atoms with Gasteiger partial charge in [0, 0.05) is 25.9 Å². The average Bonchev–Trinajstić information content (AvgIpc) is 3.04. The number of H-pyrrole nitrogens is 1. The summed E-state index contributed by atoms with van der Waals surface area (Å²) >= 11 is 6.48. The van der Waals surface area contributed by atoms with Crippen LogP contribution in [0.1, 0.15) is 18.7 Å². The number of aromatic amines is 1. The van der Waals surface area contributed by atoms with Gasteiger partial charge in [-0.2, -0.15) is 10.5 Å². The smallest absolute Gasteiger partial charge is 0.224 e. The van der Waals surface area contributed by atoms with Crippen LogP contribution in [0.15, 0.2) is 24.4 Å². The third kappa shape index (κ3) is 3.84. The molecule has 0 aliphatic carbocycles. The van der Waals surface area contributed by atoms with Gasteiger partial charge in [0.1, 0.15) is 5.82 Å². The number of halogens is 1. The molecule has 27 heavy (non-hydrogen) atoms. The fraction of sp³-hybridized carbons (Fsp3) is 0.333. The van der Waals surface area contributed by atoms with E-state index in [1.165, 1.54) is 7.11 Å². The van der Waals surface area contributed by atoms with Gasteiger partial charge in [-0.15, -0.1) is 0 Å². The Labute approximate surface area is 162 Å². The first-order valence-electron chi connectivity index (χ1n) is 8.41. The van der Waals surface area contributed by atoms with E-state index in [0.29, 0.717) is 45.4 Å². The highest BCUT2D eigenvalue weighted by Crippen LogP contribution is 2.36. The molecule has 3 N–H and O–H groups in total. The Balaban J connectivity index is 2.16. The maximum absolute atomic E-state index is 10.2. The fourth-order valence-corrected chi connectivity index (χ4v) is 2.98. The minimum atomic E-state index is -1.04. The first-order valence-corrected chi connectivity index (χ1v) is 8.79. The lowest BCUT2D eigenvalue weighted by Gasteiger charge is -2.16. The molecule has 3 aromatic rings. The van der Waals surface area contributed by atoms with Crippen LogP contribution in [0.4, 0.5) is 5.82 Å². The van der Waals surface area contributed by atoms with Gasteiger partial charge in [-0.05, 0) is 25.1 Å². The molecule has 0 aliphatic heterocycles. The van der Waals surface area contributed by atoms with Gasteiger partial charge in [-0.25, -0.2) is 4.98 Å². The zero-order valence-corrected chi connectivity index (χ0v) is 16.3. The number of nitrogens with one attached hydrogen (secondary N) is 2. The van der Waals surface area contributed by atoms with E-state index in [9.17, 15) is 5.11 Å². The van der Waals surface area contributed by atoms with Gasteiger partial charge >= 0.3 is 0 Å². The Morgan fingerprint density at radius 2 is 2.11 bits per heavy atom. The van der Waals surface area contributed by atoms with Crippen LogP contribution in [0.5, 0.6) is 5.88 Å². The van der Waals surface area contributed by atoms with E-state index in [1.807, 2.05) is 38.1 Å². The van der Waals surface area contributed by atoms with Crippen LogP contribution in [0.3, 0.4) is 0 Å². The van der Waals surface area contributed by atoms with Crippen molar-refractivity contribution in [2.24, 2.45) is 0 Å². The highest BCUT2D eigenvalue weighted by Gasteiger charge is 2.19. The second-order valence-corrected chi connectivity index (χ2v) is 6.44. The summed E-state index contributed by atoms with van der Waals surface area (Å²) in [6.07, 6.45) is 0.622. The first kappa shape index (κ1) is 19.4. The molecule has 0 radical (unpaired) electrons. The molecule has 1 unspecified atom stereocenters. The molecule has 9 heteroatoms. The molecule has 3 aromatic heterocycles. The molecule has 0 amide bonds. The largest absolute Gasteiger partial charge is 0.477 e. The molecule has 0 saturated carbocycles. The zero-order valence-electron chi connectivity index (χ0n) is 15.6. The molecule has 1 atom stereocenters. The summed E-state index contributed by atoms with van der Waals surface area (Å²) < 4.78 is 5.72. The van der Waals surface area contributed by atoms with Crippen LogP contribution < -0.4 is 15.1 Å². The summed E-state index contributed by atoms with van der Waals surface area (Å²) in [7, 11) is 5.25. The molecule has 8 nitrogen and oxygen atoms in total. The monoisotopic (exact) mass is 391 g/mol. The summed E-state index contributed by atoms with van der Waals surface area (Å²) in [5.74, 6) is 1.21. The van der Waals surface area contributed by atoms with Gasteiger partial charge in [-0.1, -0.05) is 11.6 Å². The SMILES string of the molecule is CCOc1nc(N(C)C)ccc1-c1nc2c(C(O)NOC)c[nH]c2cc1Cl. The predicted molar refractivity (Wildman–Crippen MR) is 105 cm³/mol. The van der Waals surface area contributed by atoms with E-state index < -0.39 is 6.23 Å². The van der Waals surface area contributed by atoms with Crippen LogP contribution in [-0.4, -0.2) is 47.9 Å².